The summed E-state index contributed by atoms with van der Waals surface area (Å²) >= 11 is 0. The van der Waals surface area contributed by atoms with Gasteiger partial charge in [0.05, 0.1) is 0 Å². The van der Waals surface area contributed by atoms with Crippen molar-refractivity contribution in [3.63, 3.8) is 0 Å². The summed E-state index contributed by atoms with van der Waals surface area (Å²) in [4.78, 5) is 0. The molecule has 16 heavy (non-hydrogen) atoms. The first-order valence-corrected chi connectivity index (χ1v) is 5.58. The summed E-state index contributed by atoms with van der Waals surface area (Å²) in [6.45, 7) is 1.67. The van der Waals surface area contributed by atoms with Gasteiger partial charge in [0.15, 0.2) is 0 Å². The number of benzene rings is 1. The molecule has 0 aromatic heterocycles. The van der Waals surface area contributed by atoms with Crippen molar-refractivity contribution in [2.45, 2.75) is 19.3 Å². The zero-order valence-electron chi connectivity index (χ0n) is 9.13. The fraction of sp³-hybridized carbons (Fsp3) is 0.500. The number of halogens is 2. The van der Waals surface area contributed by atoms with E-state index in [-0.39, 0.29) is 11.6 Å². The maximum atomic E-state index is 13.4. The number of hydrogen-bond acceptors (Lipinski definition) is 2. The van der Waals surface area contributed by atoms with Crippen molar-refractivity contribution in [3.05, 3.63) is 35.4 Å². The van der Waals surface area contributed by atoms with E-state index in [9.17, 15) is 8.78 Å². The lowest BCUT2D eigenvalue weighted by Crippen LogP contribution is -2.39. The van der Waals surface area contributed by atoms with E-state index >= 15 is 0 Å². The minimum atomic E-state index is -0.368. The molecular formula is C12H16F2N2. The molecule has 2 N–H and O–H groups in total. The molecule has 2 nitrogen and oxygen atoms in total. The van der Waals surface area contributed by atoms with Crippen LogP contribution >= 0.6 is 0 Å². The highest BCUT2D eigenvalue weighted by Gasteiger charge is 2.18. The van der Waals surface area contributed by atoms with Crippen molar-refractivity contribution < 1.29 is 8.78 Å². The van der Waals surface area contributed by atoms with E-state index in [0.29, 0.717) is 17.9 Å². The molecule has 0 atom stereocenters. The lowest BCUT2D eigenvalue weighted by molar-refractivity contribution is 0.187. The number of piperidine rings is 1. The minimum Gasteiger partial charge on any atom is -0.269 e. The van der Waals surface area contributed by atoms with Gasteiger partial charge in [-0.3, -0.25) is 5.84 Å². The van der Waals surface area contributed by atoms with Gasteiger partial charge in [0.2, 0.25) is 0 Å². The van der Waals surface area contributed by atoms with Crippen molar-refractivity contribution in [2.24, 2.45) is 11.8 Å². The Labute approximate surface area is 94.0 Å². The second-order valence-electron chi connectivity index (χ2n) is 4.42. The van der Waals surface area contributed by atoms with Crippen LogP contribution < -0.4 is 5.84 Å². The summed E-state index contributed by atoms with van der Waals surface area (Å²) in [6.07, 6.45) is 2.51. The van der Waals surface area contributed by atoms with E-state index in [1.54, 1.807) is 5.01 Å². The van der Waals surface area contributed by atoms with Crippen LogP contribution in [0.15, 0.2) is 18.2 Å². The van der Waals surface area contributed by atoms with E-state index < -0.39 is 0 Å². The van der Waals surface area contributed by atoms with Crippen LogP contribution in [0.3, 0.4) is 0 Å². The van der Waals surface area contributed by atoms with Gasteiger partial charge in [0.25, 0.3) is 0 Å². The summed E-state index contributed by atoms with van der Waals surface area (Å²) in [5.41, 5.74) is 0.482. The molecular weight excluding hydrogens is 210 g/mol. The molecule has 0 amide bonds. The smallest absolute Gasteiger partial charge is 0.126 e. The second kappa shape index (κ2) is 4.89. The van der Waals surface area contributed by atoms with Crippen LogP contribution in [0.1, 0.15) is 18.4 Å². The standard InChI is InChI=1S/C12H16F2N2/c13-11-1-2-12(14)10(8-11)7-9-3-5-16(15)6-4-9/h1-2,8-9H,3-7,15H2. The van der Waals surface area contributed by atoms with Gasteiger partial charge in [0.1, 0.15) is 11.6 Å². The van der Waals surface area contributed by atoms with Gasteiger partial charge in [-0.05, 0) is 48.9 Å². The maximum absolute atomic E-state index is 13.4. The number of rotatable bonds is 2. The topological polar surface area (TPSA) is 29.3 Å². The van der Waals surface area contributed by atoms with Crippen molar-refractivity contribution in [2.75, 3.05) is 13.1 Å². The molecule has 1 aliphatic rings. The van der Waals surface area contributed by atoms with Gasteiger partial charge >= 0.3 is 0 Å². The van der Waals surface area contributed by atoms with E-state index in [2.05, 4.69) is 0 Å². The van der Waals surface area contributed by atoms with Gasteiger partial charge in [0, 0.05) is 13.1 Å². The predicted molar refractivity (Wildman–Crippen MR) is 58.5 cm³/mol. The minimum absolute atomic E-state index is 0.309. The average molecular weight is 226 g/mol. The van der Waals surface area contributed by atoms with Crippen molar-refractivity contribution >= 4 is 0 Å². The van der Waals surface area contributed by atoms with E-state index in [4.69, 9.17) is 5.84 Å². The Hall–Kier alpha value is -1.00. The van der Waals surface area contributed by atoms with Crippen molar-refractivity contribution in [3.8, 4) is 0 Å². The van der Waals surface area contributed by atoms with Crippen molar-refractivity contribution in [1.82, 2.24) is 5.01 Å². The van der Waals surface area contributed by atoms with Gasteiger partial charge in [-0.2, -0.15) is 0 Å². The second-order valence-corrected chi connectivity index (χ2v) is 4.42. The highest BCUT2D eigenvalue weighted by Crippen LogP contribution is 2.22. The van der Waals surface area contributed by atoms with Gasteiger partial charge < -0.3 is 0 Å². The van der Waals surface area contributed by atoms with Crippen LogP contribution in [-0.4, -0.2) is 18.1 Å². The monoisotopic (exact) mass is 226 g/mol. The third-order valence-electron chi connectivity index (χ3n) is 3.17. The Balaban J connectivity index is 2.00. The Morgan fingerprint density at radius 1 is 1.25 bits per heavy atom. The maximum Gasteiger partial charge on any atom is 0.126 e. The van der Waals surface area contributed by atoms with E-state index in [1.165, 1.54) is 12.1 Å². The third-order valence-corrected chi connectivity index (χ3v) is 3.17. The van der Waals surface area contributed by atoms with E-state index in [1.807, 2.05) is 0 Å². The fourth-order valence-electron chi connectivity index (χ4n) is 2.17. The molecule has 88 valence electrons. The van der Waals surface area contributed by atoms with Crippen molar-refractivity contribution in [1.29, 1.82) is 0 Å². The molecule has 1 saturated heterocycles. The summed E-state index contributed by atoms with van der Waals surface area (Å²) in [5.74, 6) is 5.38. The van der Waals surface area contributed by atoms with Crippen LogP contribution in [0.4, 0.5) is 8.78 Å². The molecule has 1 aromatic carbocycles. The first-order valence-electron chi connectivity index (χ1n) is 5.58. The molecule has 1 aliphatic heterocycles. The van der Waals surface area contributed by atoms with Crippen LogP contribution in [0.5, 0.6) is 0 Å². The highest BCUT2D eigenvalue weighted by molar-refractivity contribution is 5.19. The normalized spacial score (nSPS) is 18.9. The molecule has 1 heterocycles. The Morgan fingerprint density at radius 2 is 1.94 bits per heavy atom. The average Bonchev–Trinajstić information content (AvgIpc) is 2.27. The summed E-state index contributed by atoms with van der Waals surface area (Å²) in [7, 11) is 0. The molecule has 0 spiro atoms. The van der Waals surface area contributed by atoms with Crippen LogP contribution in [0.2, 0.25) is 0 Å². The largest absolute Gasteiger partial charge is 0.269 e. The molecule has 0 bridgehead atoms. The zero-order valence-corrected chi connectivity index (χ0v) is 9.13. The van der Waals surface area contributed by atoms with Crippen LogP contribution in [0.25, 0.3) is 0 Å². The SMILES string of the molecule is NN1CCC(Cc2cc(F)ccc2F)CC1. The lowest BCUT2D eigenvalue weighted by atomic mass is 9.90. The quantitative estimate of drug-likeness (QED) is 0.782. The molecule has 1 fully saturated rings. The summed E-state index contributed by atoms with van der Waals surface area (Å²) in [6, 6.07) is 3.65. The van der Waals surface area contributed by atoms with E-state index in [0.717, 1.165) is 32.0 Å². The van der Waals surface area contributed by atoms with Gasteiger partial charge in [-0.1, -0.05) is 0 Å². The Kier molecular flexibility index (Phi) is 3.51. The van der Waals surface area contributed by atoms with Crippen LogP contribution in [0, 0.1) is 17.6 Å². The molecule has 0 aliphatic carbocycles. The van der Waals surface area contributed by atoms with Crippen LogP contribution in [-0.2, 0) is 6.42 Å². The molecule has 2 rings (SSSR count). The predicted octanol–water partition coefficient (Wildman–Crippen LogP) is 2.09. The highest BCUT2D eigenvalue weighted by atomic mass is 19.1. The molecule has 0 unspecified atom stereocenters. The van der Waals surface area contributed by atoms with Gasteiger partial charge in [-0.15, -0.1) is 0 Å². The first-order chi connectivity index (χ1) is 7.65. The molecule has 4 heteroatoms. The zero-order chi connectivity index (χ0) is 11.5. The molecule has 0 saturated carbocycles. The number of hydrazine groups is 1. The molecule has 1 aromatic rings. The summed E-state index contributed by atoms with van der Waals surface area (Å²) < 4.78 is 26.4. The number of nitrogens with zero attached hydrogens (tertiary/aromatic N) is 1. The Bertz CT molecular complexity index is 360. The lowest BCUT2D eigenvalue weighted by Gasteiger charge is -2.28. The third kappa shape index (κ3) is 2.77. The summed E-state index contributed by atoms with van der Waals surface area (Å²) in [5, 5.41) is 1.78. The fourth-order valence-corrected chi connectivity index (χ4v) is 2.17. The first kappa shape index (κ1) is 11.5. The number of nitrogens with two attached hydrogens (primary N) is 1. The number of hydrogen-bond donors (Lipinski definition) is 1. The Morgan fingerprint density at radius 3 is 2.62 bits per heavy atom. The van der Waals surface area contributed by atoms with Gasteiger partial charge in [-0.25, -0.2) is 13.8 Å². The molecule has 0 radical (unpaired) electrons.